The second-order valence-corrected chi connectivity index (χ2v) is 6.22. The molecule has 28 heavy (non-hydrogen) atoms. The molecule has 0 saturated carbocycles. The topological polar surface area (TPSA) is 89.4 Å². The molecule has 1 unspecified atom stereocenters. The molecule has 4 rings (SSSR count). The van der Waals surface area contributed by atoms with Crippen LogP contribution in [0.5, 0.6) is 23.0 Å². The summed E-state index contributed by atoms with van der Waals surface area (Å²) in [6.07, 6.45) is 0.521. The molecule has 0 radical (unpaired) electrons. The van der Waals surface area contributed by atoms with Crippen molar-refractivity contribution in [1.29, 1.82) is 0 Å². The number of nitrogens with zero attached hydrogens (tertiary/aromatic N) is 1. The number of carbonyl (C=O) groups is 1. The number of nitrogens with one attached hydrogen (secondary N) is 1. The summed E-state index contributed by atoms with van der Waals surface area (Å²) < 4.78 is 16.5. The molecule has 142 valence electrons. The first-order chi connectivity index (χ1) is 13.6. The zero-order valence-electron chi connectivity index (χ0n) is 15.1. The van der Waals surface area contributed by atoms with Crippen LogP contribution in [0.2, 0.25) is 0 Å². The number of hydrogen-bond donors (Lipinski definition) is 2. The molecule has 0 saturated heterocycles. The van der Waals surface area contributed by atoms with Crippen LogP contribution in [0, 0.1) is 0 Å². The van der Waals surface area contributed by atoms with Gasteiger partial charge in [-0.1, -0.05) is 24.3 Å². The van der Waals surface area contributed by atoms with E-state index in [1.165, 1.54) is 19.4 Å². The number of methoxy groups -OCH3 is 1. The number of aromatic hydroxyl groups is 1. The van der Waals surface area contributed by atoms with E-state index in [0.717, 1.165) is 10.8 Å². The van der Waals surface area contributed by atoms with Gasteiger partial charge >= 0.3 is 0 Å². The Kier molecular flexibility index (Phi) is 4.72. The van der Waals surface area contributed by atoms with Gasteiger partial charge in [0.05, 0.1) is 13.3 Å². The summed E-state index contributed by atoms with van der Waals surface area (Å²) in [5, 5.41) is 15.8. The van der Waals surface area contributed by atoms with E-state index in [-0.39, 0.29) is 12.4 Å². The van der Waals surface area contributed by atoms with Gasteiger partial charge in [0.15, 0.2) is 11.5 Å². The lowest BCUT2D eigenvalue weighted by molar-refractivity contribution is -0.130. The van der Waals surface area contributed by atoms with Crippen molar-refractivity contribution in [3.63, 3.8) is 0 Å². The molecule has 7 heteroatoms. The first kappa shape index (κ1) is 17.7. The van der Waals surface area contributed by atoms with Crippen LogP contribution < -0.4 is 19.6 Å². The lowest BCUT2D eigenvalue weighted by atomic mass is 10.1. The zero-order chi connectivity index (χ0) is 19.5. The fourth-order valence-electron chi connectivity index (χ4n) is 2.88. The molecule has 0 aromatic heterocycles. The maximum Gasteiger partial charge on any atom is 0.284 e. The normalized spacial score (nSPS) is 15.5. The van der Waals surface area contributed by atoms with E-state index in [9.17, 15) is 9.90 Å². The van der Waals surface area contributed by atoms with Crippen LogP contribution in [0.3, 0.4) is 0 Å². The van der Waals surface area contributed by atoms with Crippen molar-refractivity contribution >= 4 is 22.9 Å². The van der Waals surface area contributed by atoms with Crippen LogP contribution in [0.4, 0.5) is 0 Å². The van der Waals surface area contributed by atoms with Crippen LogP contribution in [-0.2, 0) is 4.79 Å². The van der Waals surface area contributed by atoms with E-state index >= 15 is 0 Å². The van der Waals surface area contributed by atoms with Gasteiger partial charge in [-0.2, -0.15) is 5.10 Å². The highest BCUT2D eigenvalue weighted by molar-refractivity contribution is 5.88. The third-order valence-electron chi connectivity index (χ3n) is 4.38. The van der Waals surface area contributed by atoms with Crippen molar-refractivity contribution in [2.24, 2.45) is 5.10 Å². The van der Waals surface area contributed by atoms with Crippen LogP contribution in [0.1, 0.15) is 5.56 Å². The van der Waals surface area contributed by atoms with E-state index < -0.39 is 12.0 Å². The number of phenolic OH excluding ortho intramolecular Hbond substituents is 1. The molecule has 0 bridgehead atoms. The Morgan fingerprint density at radius 3 is 2.64 bits per heavy atom. The van der Waals surface area contributed by atoms with Crippen molar-refractivity contribution in [2.75, 3.05) is 13.7 Å². The fourth-order valence-corrected chi connectivity index (χ4v) is 2.88. The van der Waals surface area contributed by atoms with E-state index in [1.54, 1.807) is 12.1 Å². The minimum Gasteiger partial charge on any atom is -0.507 e. The fraction of sp³-hybridized carbons (Fsp3) is 0.143. The highest BCUT2D eigenvalue weighted by atomic mass is 16.6. The van der Waals surface area contributed by atoms with Gasteiger partial charge in [0, 0.05) is 11.6 Å². The number of carbonyl (C=O) groups excluding carboxylic acids is 1. The number of rotatable bonds is 4. The Bertz CT molecular complexity index is 1060. The number of ether oxygens (including phenoxy) is 3. The van der Waals surface area contributed by atoms with Crippen LogP contribution in [-0.4, -0.2) is 37.0 Å². The van der Waals surface area contributed by atoms with Gasteiger partial charge in [-0.3, -0.25) is 4.79 Å². The van der Waals surface area contributed by atoms with Crippen LogP contribution >= 0.6 is 0 Å². The molecular weight excluding hydrogens is 360 g/mol. The molecule has 3 aromatic rings. The first-order valence-electron chi connectivity index (χ1n) is 8.66. The Morgan fingerprint density at radius 2 is 1.93 bits per heavy atom. The first-order valence-corrected chi connectivity index (χ1v) is 8.66. The molecule has 1 aliphatic heterocycles. The molecule has 0 fully saturated rings. The van der Waals surface area contributed by atoms with Crippen molar-refractivity contribution in [2.45, 2.75) is 6.10 Å². The number of hydrogen-bond acceptors (Lipinski definition) is 6. The second kappa shape index (κ2) is 7.48. The lowest BCUT2D eigenvalue weighted by Crippen LogP contribution is -2.42. The van der Waals surface area contributed by atoms with Crippen molar-refractivity contribution in [3.8, 4) is 23.0 Å². The lowest BCUT2D eigenvalue weighted by Gasteiger charge is -2.25. The number of benzene rings is 3. The summed E-state index contributed by atoms with van der Waals surface area (Å²) in [5.41, 5.74) is 2.85. The van der Waals surface area contributed by atoms with Crippen molar-refractivity contribution in [1.82, 2.24) is 5.43 Å². The molecule has 0 spiro atoms. The molecule has 1 aliphatic rings. The third-order valence-corrected chi connectivity index (χ3v) is 4.38. The smallest absolute Gasteiger partial charge is 0.284 e. The van der Waals surface area contributed by atoms with Crippen molar-refractivity contribution < 1.29 is 24.1 Å². The SMILES string of the molecule is COc1ccc(/C=N/NC(=O)C2COc3cc4ccccc4cc3O2)c(O)c1. The highest BCUT2D eigenvalue weighted by Crippen LogP contribution is 2.35. The summed E-state index contributed by atoms with van der Waals surface area (Å²) in [6, 6.07) is 16.4. The summed E-state index contributed by atoms with van der Waals surface area (Å²) in [4.78, 5) is 12.3. The molecular formula is C21H18N2O5. The molecule has 1 amide bonds. The number of amides is 1. The molecule has 2 N–H and O–H groups in total. The molecule has 1 atom stereocenters. The summed E-state index contributed by atoms with van der Waals surface area (Å²) >= 11 is 0. The van der Waals surface area contributed by atoms with E-state index in [1.807, 2.05) is 36.4 Å². The van der Waals surface area contributed by atoms with E-state index in [4.69, 9.17) is 14.2 Å². The van der Waals surface area contributed by atoms with Gasteiger partial charge in [-0.25, -0.2) is 5.43 Å². The Labute approximate surface area is 161 Å². The third kappa shape index (κ3) is 3.55. The van der Waals surface area contributed by atoms with E-state index in [0.29, 0.717) is 22.8 Å². The Balaban J connectivity index is 1.43. The van der Waals surface area contributed by atoms with Gasteiger partial charge in [0.25, 0.3) is 5.91 Å². The minimum absolute atomic E-state index is 0.00426. The number of phenols is 1. The van der Waals surface area contributed by atoms with E-state index in [2.05, 4.69) is 10.5 Å². The predicted octanol–water partition coefficient (Wildman–Crippen LogP) is 2.84. The molecule has 3 aromatic carbocycles. The van der Waals surface area contributed by atoms with Gasteiger partial charge < -0.3 is 19.3 Å². The summed E-state index contributed by atoms with van der Waals surface area (Å²) in [5.74, 6) is 1.20. The molecule has 0 aliphatic carbocycles. The van der Waals surface area contributed by atoms with Crippen LogP contribution in [0.25, 0.3) is 10.8 Å². The maximum absolute atomic E-state index is 12.3. The van der Waals surface area contributed by atoms with Gasteiger partial charge in [-0.15, -0.1) is 0 Å². The largest absolute Gasteiger partial charge is 0.507 e. The Hall–Kier alpha value is -3.74. The van der Waals surface area contributed by atoms with Gasteiger partial charge in [-0.05, 0) is 35.0 Å². The second-order valence-electron chi connectivity index (χ2n) is 6.22. The van der Waals surface area contributed by atoms with Gasteiger partial charge in [0.2, 0.25) is 6.10 Å². The quantitative estimate of drug-likeness (QED) is 0.538. The monoisotopic (exact) mass is 378 g/mol. The van der Waals surface area contributed by atoms with Crippen LogP contribution in [0.15, 0.2) is 59.7 Å². The highest BCUT2D eigenvalue weighted by Gasteiger charge is 2.27. The number of hydrazone groups is 1. The zero-order valence-corrected chi connectivity index (χ0v) is 15.1. The minimum atomic E-state index is -0.824. The maximum atomic E-state index is 12.3. The molecule has 1 heterocycles. The van der Waals surface area contributed by atoms with Gasteiger partial charge in [0.1, 0.15) is 18.1 Å². The Morgan fingerprint density at radius 1 is 1.18 bits per heavy atom. The average Bonchev–Trinajstić information content (AvgIpc) is 2.72. The predicted molar refractivity (Wildman–Crippen MR) is 104 cm³/mol. The molecule has 7 nitrogen and oxygen atoms in total. The average molecular weight is 378 g/mol. The standard InChI is InChI=1S/C21H18N2O5/c1-26-16-7-6-15(17(24)10-16)11-22-23-21(25)20-12-27-18-8-13-4-2-3-5-14(13)9-19(18)28-20/h2-11,20,24H,12H2,1H3,(H,23,25)/b22-11+. The van der Waals surface area contributed by atoms with Crippen molar-refractivity contribution in [3.05, 3.63) is 60.2 Å². The summed E-state index contributed by atoms with van der Waals surface area (Å²) in [7, 11) is 1.51. The summed E-state index contributed by atoms with van der Waals surface area (Å²) in [6.45, 7) is 0.0838. The number of fused-ring (bicyclic) bond motifs is 2.